The maximum absolute atomic E-state index is 6.23. The van der Waals surface area contributed by atoms with Crippen molar-refractivity contribution in [1.82, 2.24) is 4.98 Å². The van der Waals surface area contributed by atoms with E-state index in [1.807, 2.05) is 20.0 Å². The molecule has 1 fully saturated rings. The number of thiazole rings is 1. The third kappa shape index (κ3) is 3.84. The Kier molecular flexibility index (Phi) is 4.89. The highest BCUT2D eigenvalue weighted by Crippen LogP contribution is 2.43. The summed E-state index contributed by atoms with van der Waals surface area (Å²) in [5.41, 5.74) is 6.92. The normalized spacial score (nSPS) is 13.6. The summed E-state index contributed by atoms with van der Waals surface area (Å²) in [7, 11) is 1.88. The lowest BCUT2D eigenvalue weighted by Crippen LogP contribution is -2.27. The van der Waals surface area contributed by atoms with Gasteiger partial charge in [-0.2, -0.15) is 0 Å². The molecule has 0 radical (unpaired) electrons. The predicted octanol–water partition coefficient (Wildman–Crippen LogP) is 5.19. The van der Waals surface area contributed by atoms with Crippen LogP contribution in [0, 0.1) is 13.8 Å². The first-order chi connectivity index (χ1) is 13.0. The molecule has 0 aliphatic heterocycles. The summed E-state index contributed by atoms with van der Waals surface area (Å²) in [4.78, 5) is 4.57. The molecule has 2 aromatic carbocycles. The Morgan fingerprint density at radius 1 is 1.22 bits per heavy atom. The molecule has 2 N–H and O–H groups in total. The molecule has 0 saturated heterocycles. The highest BCUT2D eigenvalue weighted by Gasteiger charge is 2.27. The van der Waals surface area contributed by atoms with E-state index >= 15 is 0 Å². The minimum atomic E-state index is 0.528. The number of ether oxygens (including phenoxy) is 1. The van der Waals surface area contributed by atoms with Gasteiger partial charge in [0.15, 0.2) is 0 Å². The van der Waals surface area contributed by atoms with Gasteiger partial charge in [0.2, 0.25) is 0 Å². The number of hydrogen-bond acceptors (Lipinski definition) is 5. The minimum absolute atomic E-state index is 0.528. The van der Waals surface area contributed by atoms with Gasteiger partial charge in [0.05, 0.1) is 5.69 Å². The maximum atomic E-state index is 6.23. The summed E-state index contributed by atoms with van der Waals surface area (Å²) in [6, 6.07) is 12.6. The molecule has 1 aliphatic carbocycles. The summed E-state index contributed by atoms with van der Waals surface area (Å²) in [5.74, 6) is 7.62. The van der Waals surface area contributed by atoms with Gasteiger partial charge < -0.3 is 9.75 Å². The van der Waals surface area contributed by atoms with E-state index in [-0.39, 0.29) is 0 Å². The Bertz CT molecular complexity index is 940. The molecule has 27 heavy (non-hydrogen) atoms. The molecule has 140 valence electrons. The molecule has 0 spiro atoms. The first-order valence-electron chi connectivity index (χ1n) is 9.29. The number of anilines is 1. The number of hydrazine groups is 1. The topological polar surface area (TPSA) is 51.4 Å². The SMILES string of the molecule is Cc1csc(-c2ccc(OCc3c(C4CC4)cccc3N(C)N)c(C)c2)n1. The molecular weight excluding hydrogens is 354 g/mol. The van der Waals surface area contributed by atoms with Gasteiger partial charge >= 0.3 is 0 Å². The van der Waals surface area contributed by atoms with E-state index in [1.54, 1.807) is 16.3 Å². The summed E-state index contributed by atoms with van der Waals surface area (Å²) in [6.07, 6.45) is 2.51. The molecule has 4 rings (SSSR count). The van der Waals surface area contributed by atoms with E-state index in [2.05, 4.69) is 47.6 Å². The van der Waals surface area contributed by atoms with E-state index in [0.717, 1.165) is 33.3 Å². The van der Waals surface area contributed by atoms with Crippen molar-refractivity contribution in [3.8, 4) is 16.3 Å². The lowest BCUT2D eigenvalue weighted by molar-refractivity contribution is 0.303. The number of rotatable bonds is 6. The largest absolute Gasteiger partial charge is 0.489 e. The summed E-state index contributed by atoms with van der Waals surface area (Å²) >= 11 is 1.67. The van der Waals surface area contributed by atoms with E-state index in [0.29, 0.717) is 12.5 Å². The van der Waals surface area contributed by atoms with Crippen LogP contribution in [0.1, 0.15) is 41.1 Å². The van der Waals surface area contributed by atoms with Gasteiger partial charge in [0.1, 0.15) is 17.4 Å². The van der Waals surface area contributed by atoms with Crippen LogP contribution >= 0.6 is 11.3 Å². The van der Waals surface area contributed by atoms with Gasteiger partial charge in [-0.3, -0.25) is 0 Å². The number of hydrogen-bond donors (Lipinski definition) is 1. The van der Waals surface area contributed by atoms with Crippen LogP contribution in [0.3, 0.4) is 0 Å². The van der Waals surface area contributed by atoms with Gasteiger partial charge in [-0.25, -0.2) is 10.8 Å². The molecule has 1 heterocycles. The number of aryl methyl sites for hydroxylation is 2. The van der Waals surface area contributed by atoms with Gasteiger partial charge in [-0.05, 0) is 68.0 Å². The predicted molar refractivity (Wildman–Crippen MR) is 112 cm³/mol. The molecule has 0 unspecified atom stereocenters. The first-order valence-corrected chi connectivity index (χ1v) is 10.2. The van der Waals surface area contributed by atoms with Crippen LogP contribution in [0.4, 0.5) is 5.69 Å². The molecule has 0 amide bonds. The monoisotopic (exact) mass is 379 g/mol. The van der Waals surface area contributed by atoms with Crippen molar-refractivity contribution in [2.24, 2.45) is 5.84 Å². The Hall–Kier alpha value is -2.37. The maximum Gasteiger partial charge on any atom is 0.123 e. The average Bonchev–Trinajstić information content (AvgIpc) is 3.41. The van der Waals surface area contributed by atoms with E-state index in [9.17, 15) is 0 Å². The van der Waals surface area contributed by atoms with Crippen LogP contribution in [0.2, 0.25) is 0 Å². The lowest BCUT2D eigenvalue weighted by Gasteiger charge is -2.21. The molecular formula is C22H25N3OS. The quantitative estimate of drug-likeness (QED) is 0.473. The second kappa shape index (κ2) is 7.33. The van der Waals surface area contributed by atoms with E-state index in [4.69, 9.17) is 10.6 Å². The molecule has 1 aromatic heterocycles. The zero-order valence-corrected chi connectivity index (χ0v) is 16.8. The van der Waals surface area contributed by atoms with E-state index < -0.39 is 0 Å². The molecule has 5 heteroatoms. The van der Waals surface area contributed by atoms with Gasteiger partial charge in [0, 0.05) is 29.2 Å². The number of benzene rings is 2. The molecule has 1 aliphatic rings. The Balaban J connectivity index is 1.57. The average molecular weight is 380 g/mol. The second-order valence-corrected chi connectivity index (χ2v) is 8.15. The molecule has 1 saturated carbocycles. The molecule has 0 bridgehead atoms. The van der Waals surface area contributed by atoms with Crippen molar-refractivity contribution in [1.29, 1.82) is 0 Å². The molecule has 4 nitrogen and oxygen atoms in total. The number of nitrogens with two attached hydrogens (primary N) is 1. The smallest absolute Gasteiger partial charge is 0.123 e. The van der Waals surface area contributed by atoms with Crippen LogP contribution in [-0.4, -0.2) is 12.0 Å². The second-order valence-electron chi connectivity index (χ2n) is 7.29. The highest BCUT2D eigenvalue weighted by molar-refractivity contribution is 7.13. The molecule has 3 aromatic rings. The van der Waals surface area contributed by atoms with E-state index in [1.165, 1.54) is 24.0 Å². The van der Waals surface area contributed by atoms with Crippen molar-refractivity contribution in [3.63, 3.8) is 0 Å². The zero-order chi connectivity index (χ0) is 19.0. The third-order valence-corrected chi connectivity index (χ3v) is 6.01. The van der Waals surface area contributed by atoms with Gasteiger partial charge in [0.25, 0.3) is 0 Å². The minimum Gasteiger partial charge on any atom is -0.489 e. The van der Waals surface area contributed by atoms with Crippen molar-refractivity contribution < 1.29 is 4.74 Å². The van der Waals surface area contributed by atoms with Crippen LogP contribution in [0.25, 0.3) is 10.6 Å². The summed E-state index contributed by atoms with van der Waals surface area (Å²) in [6.45, 7) is 4.63. The van der Waals surface area contributed by atoms with Crippen molar-refractivity contribution in [2.75, 3.05) is 12.1 Å². The number of aromatic nitrogens is 1. The van der Waals surface area contributed by atoms with Crippen molar-refractivity contribution in [3.05, 3.63) is 64.2 Å². The fraction of sp³-hybridized carbons (Fsp3) is 0.318. The fourth-order valence-corrected chi connectivity index (χ4v) is 4.23. The lowest BCUT2D eigenvalue weighted by atomic mass is 10.0. The Labute approximate surface area is 164 Å². The van der Waals surface area contributed by atoms with Gasteiger partial charge in [-0.1, -0.05) is 12.1 Å². The van der Waals surface area contributed by atoms with Crippen LogP contribution in [-0.2, 0) is 6.61 Å². The summed E-state index contributed by atoms with van der Waals surface area (Å²) < 4.78 is 6.23. The van der Waals surface area contributed by atoms with Crippen LogP contribution < -0.4 is 15.6 Å². The van der Waals surface area contributed by atoms with Gasteiger partial charge in [-0.15, -0.1) is 11.3 Å². The van der Waals surface area contributed by atoms with Crippen LogP contribution in [0.15, 0.2) is 41.8 Å². The summed E-state index contributed by atoms with van der Waals surface area (Å²) in [5, 5.41) is 4.81. The highest BCUT2D eigenvalue weighted by atomic mass is 32.1. The van der Waals surface area contributed by atoms with Crippen molar-refractivity contribution >= 4 is 17.0 Å². The molecule has 0 atom stereocenters. The van der Waals surface area contributed by atoms with Crippen LogP contribution in [0.5, 0.6) is 5.75 Å². The fourth-order valence-electron chi connectivity index (χ4n) is 3.44. The standard InChI is InChI=1S/C22H25N3OS/c1-14-11-17(22-24-15(2)13-27-22)9-10-21(14)26-12-19-18(16-7-8-16)5-4-6-20(19)25(3)23/h4-6,9-11,13,16H,7-8,12,23H2,1-3H3. The Morgan fingerprint density at radius 3 is 2.67 bits per heavy atom. The zero-order valence-electron chi connectivity index (χ0n) is 16.0. The van der Waals surface area contributed by atoms with Crippen molar-refractivity contribution in [2.45, 2.75) is 39.2 Å². The Morgan fingerprint density at radius 2 is 2.04 bits per heavy atom. The first kappa shape index (κ1) is 18.0. The number of nitrogens with zero attached hydrogens (tertiary/aromatic N) is 2. The third-order valence-electron chi connectivity index (χ3n) is 5.00.